The molecular weight excluding hydrogens is 276 g/mol. The van der Waals surface area contributed by atoms with Crippen molar-refractivity contribution < 1.29 is 9.53 Å². The lowest BCUT2D eigenvalue weighted by molar-refractivity contribution is 0.0737. The van der Waals surface area contributed by atoms with Crippen LogP contribution in [0.4, 0.5) is 5.69 Å². The van der Waals surface area contributed by atoms with Crippen molar-refractivity contribution in [3.63, 3.8) is 0 Å². The number of anilines is 1. The number of nitrogen functional groups attached to an aromatic ring is 1. The Bertz CT molecular complexity index is 477. The molecule has 1 atom stereocenters. The predicted molar refractivity (Wildman–Crippen MR) is 83.4 cm³/mol. The lowest BCUT2D eigenvalue weighted by Gasteiger charge is -2.25. The van der Waals surface area contributed by atoms with Crippen molar-refractivity contribution >= 4 is 23.2 Å². The maximum Gasteiger partial charge on any atom is 0.257 e. The molecule has 1 aromatic rings. The predicted octanol–water partition coefficient (Wildman–Crippen LogP) is 3.44. The Hall–Kier alpha value is -1.42. The van der Waals surface area contributed by atoms with Crippen LogP contribution in [-0.4, -0.2) is 31.0 Å². The molecule has 20 heavy (non-hydrogen) atoms. The van der Waals surface area contributed by atoms with E-state index in [9.17, 15) is 4.79 Å². The van der Waals surface area contributed by atoms with Crippen molar-refractivity contribution in [1.29, 1.82) is 0 Å². The second-order valence-electron chi connectivity index (χ2n) is 4.93. The molecule has 0 fully saturated rings. The van der Waals surface area contributed by atoms with E-state index in [2.05, 4.69) is 13.8 Å². The van der Waals surface area contributed by atoms with E-state index in [1.807, 2.05) is 6.92 Å². The van der Waals surface area contributed by atoms with Crippen LogP contribution in [0, 0.1) is 5.92 Å². The van der Waals surface area contributed by atoms with Gasteiger partial charge in [-0.1, -0.05) is 31.9 Å². The highest BCUT2D eigenvalue weighted by atomic mass is 35.5. The normalized spacial score (nSPS) is 12.1. The zero-order valence-electron chi connectivity index (χ0n) is 12.6. The monoisotopic (exact) mass is 298 g/mol. The van der Waals surface area contributed by atoms with Gasteiger partial charge in [-0.3, -0.25) is 4.79 Å². The molecule has 0 aliphatic heterocycles. The summed E-state index contributed by atoms with van der Waals surface area (Å²) in [4.78, 5) is 14.4. The summed E-state index contributed by atoms with van der Waals surface area (Å²) < 4.78 is 5.24. The van der Waals surface area contributed by atoms with E-state index < -0.39 is 0 Å². The highest BCUT2D eigenvalue weighted by Crippen LogP contribution is 2.29. The van der Waals surface area contributed by atoms with Crippen LogP contribution in [0.15, 0.2) is 12.1 Å². The second-order valence-corrected chi connectivity index (χ2v) is 5.34. The van der Waals surface area contributed by atoms with Gasteiger partial charge in [0.15, 0.2) is 0 Å². The molecule has 5 heteroatoms. The third kappa shape index (κ3) is 3.79. The smallest absolute Gasteiger partial charge is 0.257 e. The highest BCUT2D eigenvalue weighted by molar-refractivity contribution is 6.33. The van der Waals surface area contributed by atoms with Gasteiger partial charge in [-0.05, 0) is 18.9 Å². The van der Waals surface area contributed by atoms with Gasteiger partial charge in [0.05, 0.1) is 23.4 Å². The highest BCUT2D eigenvalue weighted by Gasteiger charge is 2.21. The minimum Gasteiger partial charge on any atom is -0.496 e. The fourth-order valence-corrected chi connectivity index (χ4v) is 2.10. The first-order valence-corrected chi connectivity index (χ1v) is 7.24. The molecule has 1 unspecified atom stereocenters. The molecule has 0 spiro atoms. The van der Waals surface area contributed by atoms with Gasteiger partial charge in [-0.25, -0.2) is 0 Å². The van der Waals surface area contributed by atoms with Gasteiger partial charge >= 0.3 is 0 Å². The first kappa shape index (κ1) is 16.6. The number of hydrogen-bond donors (Lipinski definition) is 1. The topological polar surface area (TPSA) is 55.6 Å². The summed E-state index contributed by atoms with van der Waals surface area (Å²) in [5.41, 5.74) is 6.60. The van der Waals surface area contributed by atoms with Crippen molar-refractivity contribution in [1.82, 2.24) is 4.90 Å². The number of methoxy groups -OCH3 is 1. The lowest BCUT2D eigenvalue weighted by atomic mass is 10.1. The van der Waals surface area contributed by atoms with Crippen LogP contribution in [0.25, 0.3) is 0 Å². The molecule has 0 aliphatic rings. The minimum atomic E-state index is -0.0773. The van der Waals surface area contributed by atoms with Gasteiger partial charge < -0.3 is 15.4 Å². The Morgan fingerprint density at radius 2 is 2.10 bits per heavy atom. The zero-order chi connectivity index (χ0) is 15.3. The Kier molecular flexibility index (Phi) is 6.14. The molecule has 0 aromatic heterocycles. The molecule has 0 radical (unpaired) electrons. The number of hydrogen-bond acceptors (Lipinski definition) is 3. The average molecular weight is 299 g/mol. The van der Waals surface area contributed by atoms with Crippen LogP contribution in [0.3, 0.4) is 0 Å². The van der Waals surface area contributed by atoms with Crippen LogP contribution < -0.4 is 10.5 Å². The van der Waals surface area contributed by atoms with Gasteiger partial charge in [0.2, 0.25) is 0 Å². The van der Waals surface area contributed by atoms with E-state index >= 15 is 0 Å². The molecule has 1 amide bonds. The van der Waals surface area contributed by atoms with Gasteiger partial charge in [-0.2, -0.15) is 0 Å². The number of halogens is 1. The van der Waals surface area contributed by atoms with Crippen molar-refractivity contribution in [2.75, 3.05) is 25.9 Å². The molecule has 4 nitrogen and oxygen atoms in total. The number of carbonyl (C=O) groups is 1. The summed E-state index contributed by atoms with van der Waals surface area (Å²) in [7, 11) is 1.52. The maximum absolute atomic E-state index is 12.6. The number of rotatable bonds is 6. The van der Waals surface area contributed by atoms with Gasteiger partial charge in [0.1, 0.15) is 5.75 Å². The third-order valence-electron chi connectivity index (χ3n) is 3.45. The molecule has 112 valence electrons. The fraction of sp³-hybridized carbons (Fsp3) is 0.533. The van der Waals surface area contributed by atoms with E-state index in [4.69, 9.17) is 22.1 Å². The Morgan fingerprint density at radius 1 is 1.45 bits per heavy atom. The van der Waals surface area contributed by atoms with Gasteiger partial charge in [0.25, 0.3) is 5.91 Å². The van der Waals surface area contributed by atoms with Crippen LogP contribution in [0.2, 0.25) is 5.02 Å². The van der Waals surface area contributed by atoms with Crippen molar-refractivity contribution in [2.45, 2.75) is 27.2 Å². The van der Waals surface area contributed by atoms with Crippen molar-refractivity contribution in [2.24, 2.45) is 5.92 Å². The quantitative estimate of drug-likeness (QED) is 0.819. The number of carbonyl (C=O) groups excluding carboxylic acids is 1. The first-order chi connectivity index (χ1) is 9.44. The van der Waals surface area contributed by atoms with Gasteiger partial charge in [0, 0.05) is 19.2 Å². The van der Waals surface area contributed by atoms with Crippen LogP contribution in [0.5, 0.6) is 5.75 Å². The van der Waals surface area contributed by atoms with Crippen LogP contribution >= 0.6 is 11.6 Å². The van der Waals surface area contributed by atoms with E-state index in [1.165, 1.54) is 7.11 Å². The minimum absolute atomic E-state index is 0.0773. The summed E-state index contributed by atoms with van der Waals surface area (Å²) in [6, 6.07) is 3.17. The molecular formula is C15H23ClN2O2. The van der Waals surface area contributed by atoms with Crippen LogP contribution in [0.1, 0.15) is 37.6 Å². The van der Waals surface area contributed by atoms with E-state index in [0.29, 0.717) is 34.5 Å². The molecule has 2 N–H and O–H groups in total. The number of nitrogens with zero attached hydrogens (tertiary/aromatic N) is 1. The Morgan fingerprint density at radius 3 is 2.60 bits per heavy atom. The maximum atomic E-state index is 12.6. The SMILES string of the molecule is CCC(C)CN(CC)C(=O)c1cc(Cl)c(N)cc1OC. The number of ether oxygens (including phenoxy) is 1. The molecule has 0 heterocycles. The molecule has 0 aliphatic carbocycles. The van der Waals surface area contributed by atoms with Crippen molar-refractivity contribution in [3.8, 4) is 5.75 Å². The van der Waals surface area contributed by atoms with Gasteiger partial charge in [-0.15, -0.1) is 0 Å². The molecule has 1 rings (SSSR count). The first-order valence-electron chi connectivity index (χ1n) is 6.86. The largest absolute Gasteiger partial charge is 0.496 e. The number of amides is 1. The number of benzene rings is 1. The van der Waals surface area contributed by atoms with E-state index in [-0.39, 0.29) is 5.91 Å². The fourth-order valence-electron chi connectivity index (χ4n) is 1.94. The number of nitrogens with two attached hydrogens (primary N) is 1. The third-order valence-corrected chi connectivity index (χ3v) is 3.77. The Labute approximate surface area is 125 Å². The van der Waals surface area contributed by atoms with Crippen molar-refractivity contribution in [3.05, 3.63) is 22.7 Å². The second kappa shape index (κ2) is 7.39. The summed E-state index contributed by atoms with van der Waals surface area (Å²) in [5.74, 6) is 0.834. The molecule has 1 aromatic carbocycles. The van der Waals surface area contributed by atoms with E-state index in [0.717, 1.165) is 13.0 Å². The summed E-state index contributed by atoms with van der Waals surface area (Å²) in [5, 5.41) is 0.369. The Balaban J connectivity index is 3.08. The zero-order valence-corrected chi connectivity index (χ0v) is 13.3. The summed E-state index contributed by atoms with van der Waals surface area (Å²) in [6.45, 7) is 7.57. The lowest BCUT2D eigenvalue weighted by Crippen LogP contribution is -2.34. The van der Waals surface area contributed by atoms with Crippen LogP contribution in [-0.2, 0) is 0 Å². The molecule has 0 saturated carbocycles. The van der Waals surface area contributed by atoms with E-state index in [1.54, 1.807) is 17.0 Å². The average Bonchev–Trinajstić information content (AvgIpc) is 2.45. The molecule has 0 bridgehead atoms. The summed E-state index contributed by atoms with van der Waals surface area (Å²) in [6.07, 6.45) is 1.03. The standard InChI is InChI=1S/C15H23ClN2O2/c1-5-10(3)9-18(6-2)15(19)11-7-12(16)13(17)8-14(11)20-4/h7-8,10H,5-6,9,17H2,1-4H3. The summed E-state index contributed by atoms with van der Waals surface area (Å²) >= 11 is 6.02. The molecule has 0 saturated heterocycles.